The van der Waals surface area contributed by atoms with Crippen LogP contribution < -0.4 is 5.32 Å². The van der Waals surface area contributed by atoms with Crippen molar-refractivity contribution in [1.29, 1.82) is 0 Å². The van der Waals surface area contributed by atoms with Gasteiger partial charge in [0.1, 0.15) is 5.60 Å². The van der Waals surface area contributed by atoms with Gasteiger partial charge in [0.25, 0.3) is 0 Å². The van der Waals surface area contributed by atoms with Crippen molar-refractivity contribution < 1.29 is 19.0 Å². The van der Waals surface area contributed by atoms with Crippen LogP contribution in [0.25, 0.3) is 0 Å². The second-order valence-electron chi connectivity index (χ2n) is 8.80. The minimum absolute atomic E-state index is 0. The highest BCUT2D eigenvalue weighted by Gasteiger charge is 2.23. The van der Waals surface area contributed by atoms with Crippen LogP contribution in [-0.4, -0.2) is 94.2 Å². The van der Waals surface area contributed by atoms with Crippen LogP contribution in [0.3, 0.4) is 0 Å². The molecule has 9 heteroatoms. The van der Waals surface area contributed by atoms with Gasteiger partial charge < -0.3 is 29.3 Å². The summed E-state index contributed by atoms with van der Waals surface area (Å²) in [6.45, 7) is 12.5. The molecule has 0 aliphatic carbocycles. The molecule has 8 nitrogen and oxygen atoms in total. The molecular weight excluding hydrogens is 499 g/mol. The van der Waals surface area contributed by atoms with E-state index in [1.807, 2.05) is 27.8 Å². The number of methoxy groups -OCH3 is 1. The number of nitrogens with zero attached hydrogens (tertiary/aromatic N) is 3. The third-order valence-corrected chi connectivity index (χ3v) is 4.70. The highest BCUT2D eigenvalue weighted by molar-refractivity contribution is 14.0. The van der Waals surface area contributed by atoms with E-state index in [9.17, 15) is 4.79 Å². The molecular formula is C21H43IN4O4. The normalized spacial score (nSPS) is 16.6. The topological polar surface area (TPSA) is 75.6 Å². The first kappa shape index (κ1) is 29.2. The first-order chi connectivity index (χ1) is 13.7. The van der Waals surface area contributed by atoms with Crippen LogP contribution in [0.15, 0.2) is 4.99 Å². The lowest BCUT2D eigenvalue weighted by molar-refractivity contribution is 0.00988. The maximum Gasteiger partial charge on any atom is 0.410 e. The number of nitrogens with one attached hydrogen (secondary N) is 1. The Hall–Kier alpha value is -0.810. The van der Waals surface area contributed by atoms with Crippen molar-refractivity contribution in [3.8, 4) is 0 Å². The summed E-state index contributed by atoms with van der Waals surface area (Å²) in [6.07, 6.45) is 2.98. The molecule has 0 spiro atoms. The zero-order valence-corrected chi connectivity index (χ0v) is 22.2. The minimum atomic E-state index is -0.478. The maximum absolute atomic E-state index is 12.1. The molecule has 1 N–H and O–H groups in total. The smallest absolute Gasteiger partial charge is 0.410 e. The van der Waals surface area contributed by atoms with E-state index in [0.717, 1.165) is 58.1 Å². The summed E-state index contributed by atoms with van der Waals surface area (Å²) >= 11 is 0. The molecule has 1 saturated heterocycles. The summed E-state index contributed by atoms with van der Waals surface area (Å²) in [6, 6.07) is 0. The van der Waals surface area contributed by atoms with Gasteiger partial charge in [-0.1, -0.05) is 6.92 Å². The van der Waals surface area contributed by atoms with E-state index in [1.54, 1.807) is 19.1 Å². The molecule has 1 heterocycles. The van der Waals surface area contributed by atoms with Crippen molar-refractivity contribution in [2.45, 2.75) is 58.7 Å². The van der Waals surface area contributed by atoms with Gasteiger partial charge in [-0.25, -0.2) is 4.79 Å². The molecule has 0 aromatic heterocycles. The number of carbonyl (C=O) groups excluding carboxylic acids is 1. The Kier molecular flexibility index (Phi) is 14.7. The zero-order chi connectivity index (χ0) is 21.9. The lowest BCUT2D eigenvalue weighted by Gasteiger charge is -2.34. The fourth-order valence-electron chi connectivity index (χ4n) is 3.23. The molecule has 1 aliphatic heterocycles. The Morgan fingerprint density at radius 1 is 1.27 bits per heavy atom. The standard InChI is InChI=1S/C21H42N4O4.HI/c1-17(16-24(6)20(26)29-21(2,3)4)15-23-19(22-5)25-11-9-18(10-12-25)28-14-8-13-27-7;/h17-18H,8-16H2,1-7H3,(H,22,23);1H. The number of guanidine groups is 1. The van der Waals surface area contributed by atoms with Crippen LogP contribution >= 0.6 is 24.0 Å². The van der Waals surface area contributed by atoms with E-state index < -0.39 is 5.60 Å². The van der Waals surface area contributed by atoms with E-state index in [2.05, 4.69) is 22.1 Å². The van der Waals surface area contributed by atoms with E-state index >= 15 is 0 Å². The first-order valence-corrected chi connectivity index (χ1v) is 10.7. The quantitative estimate of drug-likeness (QED) is 0.209. The predicted octanol–water partition coefficient (Wildman–Crippen LogP) is 3.20. The molecule has 1 rings (SSSR count). The van der Waals surface area contributed by atoms with Crippen molar-refractivity contribution >= 4 is 36.0 Å². The summed E-state index contributed by atoms with van der Waals surface area (Å²) in [5.41, 5.74) is -0.478. The van der Waals surface area contributed by atoms with Gasteiger partial charge in [-0.15, -0.1) is 24.0 Å². The van der Waals surface area contributed by atoms with Gasteiger partial charge in [0, 0.05) is 60.6 Å². The van der Waals surface area contributed by atoms with Gasteiger partial charge in [-0.3, -0.25) is 4.99 Å². The summed E-state index contributed by atoms with van der Waals surface area (Å²) in [5.74, 6) is 1.18. The highest BCUT2D eigenvalue weighted by Crippen LogP contribution is 2.14. The Morgan fingerprint density at radius 2 is 1.90 bits per heavy atom. The van der Waals surface area contributed by atoms with Crippen molar-refractivity contribution in [1.82, 2.24) is 15.1 Å². The van der Waals surface area contributed by atoms with Crippen LogP contribution in [0.2, 0.25) is 0 Å². The Morgan fingerprint density at radius 3 is 2.43 bits per heavy atom. The van der Waals surface area contributed by atoms with Crippen LogP contribution in [-0.2, 0) is 14.2 Å². The number of hydrogen-bond acceptors (Lipinski definition) is 5. The second kappa shape index (κ2) is 15.1. The molecule has 0 saturated carbocycles. The Bertz CT molecular complexity index is 506. The van der Waals surface area contributed by atoms with Crippen molar-refractivity contribution in [3.05, 3.63) is 0 Å². The van der Waals surface area contributed by atoms with Crippen molar-refractivity contribution in [2.24, 2.45) is 10.9 Å². The van der Waals surface area contributed by atoms with Gasteiger partial charge >= 0.3 is 6.09 Å². The van der Waals surface area contributed by atoms with Gasteiger partial charge in [-0.05, 0) is 46.0 Å². The van der Waals surface area contributed by atoms with E-state index in [-0.39, 0.29) is 36.0 Å². The average molecular weight is 543 g/mol. The number of hydrogen-bond donors (Lipinski definition) is 1. The third kappa shape index (κ3) is 12.1. The molecule has 0 aromatic rings. The van der Waals surface area contributed by atoms with Gasteiger partial charge in [0.05, 0.1) is 6.10 Å². The lowest BCUT2D eigenvalue weighted by Crippen LogP contribution is -2.48. The molecule has 1 amide bonds. The molecule has 178 valence electrons. The molecule has 1 aliphatic rings. The molecule has 1 atom stereocenters. The van der Waals surface area contributed by atoms with Crippen LogP contribution in [0, 0.1) is 5.92 Å². The van der Waals surface area contributed by atoms with E-state index in [1.165, 1.54) is 0 Å². The second-order valence-corrected chi connectivity index (χ2v) is 8.80. The molecule has 0 bridgehead atoms. The highest BCUT2D eigenvalue weighted by atomic mass is 127. The lowest BCUT2D eigenvalue weighted by atomic mass is 10.1. The number of carbonyl (C=O) groups is 1. The first-order valence-electron chi connectivity index (χ1n) is 10.7. The van der Waals surface area contributed by atoms with Gasteiger partial charge in [0.15, 0.2) is 5.96 Å². The van der Waals surface area contributed by atoms with E-state index in [4.69, 9.17) is 14.2 Å². The third-order valence-electron chi connectivity index (χ3n) is 4.70. The number of likely N-dealkylation sites (tertiary alicyclic amines) is 1. The fourth-order valence-corrected chi connectivity index (χ4v) is 3.23. The summed E-state index contributed by atoms with van der Waals surface area (Å²) in [7, 11) is 5.30. The number of ether oxygens (including phenoxy) is 3. The fraction of sp³-hybridized carbons (Fsp3) is 0.905. The molecule has 1 unspecified atom stereocenters. The van der Waals surface area contributed by atoms with Crippen molar-refractivity contribution in [3.63, 3.8) is 0 Å². The number of halogens is 1. The molecule has 30 heavy (non-hydrogen) atoms. The number of piperidine rings is 1. The Balaban J connectivity index is 0.00000841. The SMILES string of the molecule is CN=C(NCC(C)CN(C)C(=O)OC(C)(C)C)N1CCC(OCCCOC)CC1.I. The molecule has 0 aromatic carbocycles. The van der Waals surface area contributed by atoms with E-state index in [0.29, 0.717) is 12.6 Å². The zero-order valence-electron chi connectivity index (χ0n) is 19.9. The van der Waals surface area contributed by atoms with Gasteiger partial charge in [0.2, 0.25) is 0 Å². The van der Waals surface area contributed by atoms with Crippen LogP contribution in [0.4, 0.5) is 4.79 Å². The summed E-state index contributed by atoms with van der Waals surface area (Å²) < 4.78 is 16.4. The summed E-state index contributed by atoms with van der Waals surface area (Å²) in [4.78, 5) is 20.4. The monoisotopic (exact) mass is 542 g/mol. The van der Waals surface area contributed by atoms with Crippen molar-refractivity contribution in [2.75, 3.05) is 60.6 Å². The number of aliphatic imine (C=N–C) groups is 1. The number of amides is 1. The van der Waals surface area contributed by atoms with Crippen LogP contribution in [0.5, 0.6) is 0 Å². The molecule has 0 radical (unpaired) electrons. The average Bonchev–Trinajstić information content (AvgIpc) is 2.65. The minimum Gasteiger partial charge on any atom is -0.444 e. The summed E-state index contributed by atoms with van der Waals surface area (Å²) in [5, 5.41) is 3.45. The maximum atomic E-state index is 12.1. The number of rotatable bonds is 9. The predicted molar refractivity (Wildman–Crippen MR) is 132 cm³/mol. The molecule has 1 fully saturated rings. The van der Waals surface area contributed by atoms with Gasteiger partial charge in [-0.2, -0.15) is 0 Å². The Labute approximate surface area is 200 Å². The largest absolute Gasteiger partial charge is 0.444 e. The van der Waals surface area contributed by atoms with Crippen LogP contribution in [0.1, 0.15) is 47.0 Å².